The second kappa shape index (κ2) is 8.15. The molecule has 1 aromatic heterocycles. The third-order valence-corrected chi connectivity index (χ3v) is 4.42. The number of nitrogens with one attached hydrogen (secondary N) is 1. The van der Waals surface area contributed by atoms with Crippen molar-refractivity contribution in [2.45, 2.75) is 58.1 Å². The van der Waals surface area contributed by atoms with Crippen molar-refractivity contribution in [2.75, 3.05) is 32.6 Å². The van der Waals surface area contributed by atoms with Crippen LogP contribution in [0, 0.1) is 0 Å². The van der Waals surface area contributed by atoms with Gasteiger partial charge in [0.1, 0.15) is 11.4 Å². The number of hydrogen-bond donors (Lipinski definition) is 1. The van der Waals surface area contributed by atoms with E-state index in [0.717, 1.165) is 31.7 Å². The van der Waals surface area contributed by atoms with Crippen molar-refractivity contribution in [1.82, 2.24) is 9.88 Å². The molecule has 1 aliphatic heterocycles. The van der Waals surface area contributed by atoms with E-state index in [0.29, 0.717) is 11.7 Å². The van der Waals surface area contributed by atoms with Gasteiger partial charge in [-0.15, -0.1) is 0 Å². The molecule has 0 aromatic carbocycles. The predicted octanol–water partition coefficient (Wildman–Crippen LogP) is 3.95. The lowest BCUT2D eigenvalue weighted by atomic mass is 9.88. The summed E-state index contributed by atoms with van der Waals surface area (Å²) < 4.78 is 10.8. The van der Waals surface area contributed by atoms with Crippen LogP contribution in [-0.2, 0) is 9.47 Å². The molecule has 1 fully saturated rings. The summed E-state index contributed by atoms with van der Waals surface area (Å²) in [6, 6.07) is 4.10. The van der Waals surface area contributed by atoms with E-state index in [1.807, 2.05) is 40.9 Å². The molecular formula is C19H31N3O3. The third kappa shape index (κ3) is 5.68. The first-order chi connectivity index (χ1) is 11.7. The van der Waals surface area contributed by atoms with E-state index >= 15 is 0 Å². The highest BCUT2D eigenvalue weighted by Gasteiger charge is 2.24. The van der Waals surface area contributed by atoms with Crippen LogP contribution < -0.4 is 5.32 Å². The van der Waals surface area contributed by atoms with Gasteiger partial charge in [-0.3, -0.25) is 5.32 Å². The largest absolute Gasteiger partial charge is 0.444 e. The van der Waals surface area contributed by atoms with Crippen molar-refractivity contribution < 1.29 is 14.3 Å². The zero-order chi connectivity index (χ0) is 18.6. The maximum atomic E-state index is 12.0. The number of anilines is 1. The summed E-state index contributed by atoms with van der Waals surface area (Å²) in [4.78, 5) is 18.9. The van der Waals surface area contributed by atoms with E-state index in [-0.39, 0.29) is 6.04 Å². The van der Waals surface area contributed by atoms with Crippen LogP contribution in [0.1, 0.15) is 63.8 Å². The van der Waals surface area contributed by atoms with Crippen LogP contribution >= 0.6 is 0 Å². The fourth-order valence-electron chi connectivity index (χ4n) is 2.90. The molecule has 0 saturated carbocycles. The topological polar surface area (TPSA) is 63.7 Å². The summed E-state index contributed by atoms with van der Waals surface area (Å²) in [7, 11) is 4.07. The van der Waals surface area contributed by atoms with E-state index in [9.17, 15) is 4.79 Å². The average molecular weight is 349 g/mol. The summed E-state index contributed by atoms with van der Waals surface area (Å²) in [5.74, 6) is 0.975. The summed E-state index contributed by atoms with van der Waals surface area (Å²) in [6.45, 7) is 9.23. The number of amides is 1. The molecule has 2 heterocycles. The lowest BCUT2D eigenvalue weighted by Gasteiger charge is -2.28. The molecule has 6 nitrogen and oxygen atoms in total. The van der Waals surface area contributed by atoms with Crippen LogP contribution in [0.2, 0.25) is 0 Å². The smallest absolute Gasteiger partial charge is 0.413 e. The molecule has 0 bridgehead atoms. The Labute approximate surface area is 150 Å². The van der Waals surface area contributed by atoms with Crippen molar-refractivity contribution >= 4 is 11.9 Å². The second-order valence-corrected chi connectivity index (χ2v) is 7.82. The molecule has 1 amide bonds. The van der Waals surface area contributed by atoms with E-state index in [1.165, 1.54) is 5.56 Å². The molecule has 0 aliphatic carbocycles. The molecule has 25 heavy (non-hydrogen) atoms. The van der Waals surface area contributed by atoms with E-state index in [4.69, 9.17) is 14.5 Å². The first-order valence-electron chi connectivity index (χ1n) is 8.92. The first-order valence-corrected chi connectivity index (χ1v) is 8.92. The number of aromatic nitrogens is 1. The van der Waals surface area contributed by atoms with Gasteiger partial charge in [0, 0.05) is 19.3 Å². The molecular weight excluding hydrogens is 318 g/mol. The standard InChI is InChI=1S/C19H31N3O3/c1-13(22(5)6)17-15(14-9-11-24-12-10-14)7-8-16(20-17)21-18(23)25-19(2,3)4/h7-8,13-14H,9-12H2,1-6H3,(H,20,21,23). The molecule has 1 N–H and O–H groups in total. The van der Waals surface area contributed by atoms with E-state index in [2.05, 4.69) is 23.2 Å². The van der Waals surface area contributed by atoms with Crippen LogP contribution in [0.5, 0.6) is 0 Å². The van der Waals surface area contributed by atoms with E-state index in [1.54, 1.807) is 0 Å². The van der Waals surface area contributed by atoms with Crippen LogP contribution in [0.4, 0.5) is 10.6 Å². The Morgan fingerprint density at radius 3 is 2.52 bits per heavy atom. The quantitative estimate of drug-likeness (QED) is 0.892. The SMILES string of the molecule is CC(c1nc(NC(=O)OC(C)(C)C)ccc1C1CCOCC1)N(C)C. The molecule has 140 valence electrons. The van der Waals surface area contributed by atoms with Crippen LogP contribution in [-0.4, -0.2) is 48.9 Å². The zero-order valence-corrected chi connectivity index (χ0v) is 16.3. The monoisotopic (exact) mass is 349 g/mol. The van der Waals surface area contributed by atoms with Gasteiger partial charge in [0.2, 0.25) is 0 Å². The molecule has 1 atom stereocenters. The third-order valence-electron chi connectivity index (χ3n) is 4.42. The van der Waals surface area contributed by atoms with Crippen LogP contribution in [0.3, 0.4) is 0 Å². The molecule has 0 radical (unpaired) electrons. The fourth-order valence-corrected chi connectivity index (χ4v) is 2.90. The second-order valence-electron chi connectivity index (χ2n) is 7.82. The number of hydrogen-bond acceptors (Lipinski definition) is 5. The Balaban J connectivity index is 2.25. The number of rotatable bonds is 4. The molecule has 6 heteroatoms. The number of carbonyl (C=O) groups excluding carboxylic acids is 1. The summed E-state index contributed by atoms with van der Waals surface area (Å²) in [5.41, 5.74) is 1.72. The lowest BCUT2D eigenvalue weighted by Crippen LogP contribution is -2.28. The Hall–Kier alpha value is -1.66. The van der Waals surface area contributed by atoms with Crippen molar-refractivity contribution in [3.63, 3.8) is 0 Å². The number of nitrogens with zero attached hydrogens (tertiary/aromatic N) is 2. The fraction of sp³-hybridized carbons (Fsp3) is 0.684. The van der Waals surface area contributed by atoms with Gasteiger partial charge in [0.25, 0.3) is 0 Å². The van der Waals surface area contributed by atoms with Gasteiger partial charge >= 0.3 is 6.09 Å². The molecule has 1 saturated heterocycles. The zero-order valence-electron chi connectivity index (χ0n) is 16.3. The molecule has 1 aliphatic rings. The highest BCUT2D eigenvalue weighted by molar-refractivity contribution is 5.83. The summed E-state index contributed by atoms with van der Waals surface area (Å²) in [6.07, 6.45) is 1.53. The Morgan fingerprint density at radius 2 is 1.96 bits per heavy atom. The van der Waals surface area contributed by atoms with Gasteiger partial charge in [-0.05, 0) is 72.2 Å². The molecule has 1 aromatic rings. The minimum Gasteiger partial charge on any atom is -0.444 e. The number of ether oxygens (including phenoxy) is 2. The number of pyridine rings is 1. The lowest BCUT2D eigenvalue weighted by molar-refractivity contribution is 0.0635. The van der Waals surface area contributed by atoms with Gasteiger partial charge in [-0.2, -0.15) is 0 Å². The van der Waals surface area contributed by atoms with Crippen molar-refractivity contribution in [3.05, 3.63) is 23.4 Å². The molecule has 1 unspecified atom stereocenters. The van der Waals surface area contributed by atoms with Crippen molar-refractivity contribution in [3.8, 4) is 0 Å². The normalized spacial score (nSPS) is 17.4. The van der Waals surface area contributed by atoms with Gasteiger partial charge < -0.3 is 14.4 Å². The predicted molar refractivity (Wildman–Crippen MR) is 99.0 cm³/mol. The van der Waals surface area contributed by atoms with Crippen molar-refractivity contribution in [1.29, 1.82) is 0 Å². The molecule has 2 rings (SSSR count). The number of carbonyl (C=O) groups is 1. The summed E-state index contributed by atoms with van der Waals surface area (Å²) in [5, 5.41) is 2.75. The maximum Gasteiger partial charge on any atom is 0.413 e. The Morgan fingerprint density at radius 1 is 1.32 bits per heavy atom. The van der Waals surface area contributed by atoms with Gasteiger partial charge in [-0.1, -0.05) is 6.07 Å². The van der Waals surface area contributed by atoms with Crippen LogP contribution in [0.25, 0.3) is 0 Å². The molecule has 0 spiro atoms. The Kier molecular flexibility index (Phi) is 6.41. The highest BCUT2D eigenvalue weighted by atomic mass is 16.6. The maximum absolute atomic E-state index is 12.0. The first kappa shape index (κ1) is 19.7. The van der Waals surface area contributed by atoms with Gasteiger partial charge in [0.15, 0.2) is 0 Å². The minimum absolute atomic E-state index is 0.151. The van der Waals surface area contributed by atoms with Gasteiger partial charge in [0.05, 0.1) is 5.69 Å². The van der Waals surface area contributed by atoms with Crippen molar-refractivity contribution in [2.24, 2.45) is 0 Å². The van der Waals surface area contributed by atoms with Crippen LogP contribution in [0.15, 0.2) is 12.1 Å². The van der Waals surface area contributed by atoms with E-state index < -0.39 is 11.7 Å². The average Bonchev–Trinajstić information content (AvgIpc) is 2.53. The summed E-state index contributed by atoms with van der Waals surface area (Å²) >= 11 is 0. The minimum atomic E-state index is -0.536. The highest BCUT2D eigenvalue weighted by Crippen LogP contribution is 2.33. The van der Waals surface area contributed by atoms with Gasteiger partial charge in [-0.25, -0.2) is 9.78 Å². The Bertz CT molecular complexity index is 590.